The first-order chi connectivity index (χ1) is 9.11. The SMILES string of the molecule is COC(=O)c1nc(NCc2ncccc2C)sc1C. The Morgan fingerprint density at radius 3 is 2.95 bits per heavy atom. The molecule has 5 nitrogen and oxygen atoms in total. The Labute approximate surface area is 115 Å². The van der Waals surface area contributed by atoms with E-state index in [4.69, 9.17) is 0 Å². The van der Waals surface area contributed by atoms with Crippen LogP contribution < -0.4 is 5.32 Å². The van der Waals surface area contributed by atoms with Crippen molar-refractivity contribution < 1.29 is 9.53 Å². The quantitative estimate of drug-likeness (QED) is 0.870. The van der Waals surface area contributed by atoms with Crippen molar-refractivity contribution in [3.05, 3.63) is 40.2 Å². The molecule has 0 atom stereocenters. The van der Waals surface area contributed by atoms with Gasteiger partial charge in [0, 0.05) is 11.1 Å². The average Bonchev–Trinajstić information content (AvgIpc) is 2.78. The number of carbonyl (C=O) groups is 1. The topological polar surface area (TPSA) is 64.1 Å². The number of aromatic nitrogens is 2. The largest absolute Gasteiger partial charge is 0.464 e. The lowest BCUT2D eigenvalue weighted by atomic mass is 10.2. The Kier molecular flexibility index (Phi) is 4.11. The highest BCUT2D eigenvalue weighted by molar-refractivity contribution is 7.15. The minimum Gasteiger partial charge on any atom is -0.464 e. The van der Waals surface area contributed by atoms with Gasteiger partial charge in [0.1, 0.15) is 0 Å². The zero-order valence-corrected chi connectivity index (χ0v) is 11.9. The van der Waals surface area contributed by atoms with Gasteiger partial charge in [-0.2, -0.15) is 0 Å². The van der Waals surface area contributed by atoms with E-state index in [1.807, 2.05) is 26.0 Å². The Balaban J connectivity index is 2.09. The summed E-state index contributed by atoms with van der Waals surface area (Å²) in [7, 11) is 1.35. The first kappa shape index (κ1) is 13.5. The van der Waals surface area contributed by atoms with Gasteiger partial charge in [0.05, 0.1) is 19.3 Å². The van der Waals surface area contributed by atoms with Crippen LogP contribution in [0, 0.1) is 13.8 Å². The standard InChI is InChI=1S/C13H15N3O2S/c1-8-5-4-6-14-10(8)7-15-13-16-11(9(2)19-13)12(17)18-3/h4-6H,7H2,1-3H3,(H,15,16). The molecule has 19 heavy (non-hydrogen) atoms. The van der Waals surface area contributed by atoms with Crippen LogP contribution in [0.4, 0.5) is 5.13 Å². The predicted octanol–water partition coefficient (Wildman–Crippen LogP) is 2.55. The number of methoxy groups -OCH3 is 1. The fourth-order valence-electron chi connectivity index (χ4n) is 1.62. The van der Waals surface area contributed by atoms with E-state index in [-0.39, 0.29) is 0 Å². The molecule has 0 aliphatic heterocycles. The number of nitrogens with one attached hydrogen (secondary N) is 1. The van der Waals surface area contributed by atoms with Crippen molar-refractivity contribution in [3.63, 3.8) is 0 Å². The van der Waals surface area contributed by atoms with E-state index in [9.17, 15) is 4.79 Å². The van der Waals surface area contributed by atoms with Gasteiger partial charge < -0.3 is 10.1 Å². The summed E-state index contributed by atoms with van der Waals surface area (Å²) < 4.78 is 4.68. The molecule has 2 rings (SSSR count). The van der Waals surface area contributed by atoms with Gasteiger partial charge in [-0.1, -0.05) is 6.07 Å². The highest BCUT2D eigenvalue weighted by Crippen LogP contribution is 2.23. The molecule has 6 heteroatoms. The van der Waals surface area contributed by atoms with Crippen molar-refractivity contribution in [3.8, 4) is 0 Å². The van der Waals surface area contributed by atoms with Gasteiger partial charge in [-0.25, -0.2) is 9.78 Å². The molecule has 1 N–H and O–H groups in total. The second kappa shape index (κ2) is 5.79. The van der Waals surface area contributed by atoms with E-state index in [2.05, 4.69) is 20.0 Å². The van der Waals surface area contributed by atoms with Crippen LogP contribution in [0.15, 0.2) is 18.3 Å². The maximum Gasteiger partial charge on any atom is 0.357 e. The number of anilines is 1. The number of thiazole rings is 1. The Hall–Kier alpha value is -1.95. The van der Waals surface area contributed by atoms with Crippen LogP contribution in [0.2, 0.25) is 0 Å². The summed E-state index contributed by atoms with van der Waals surface area (Å²) in [4.78, 5) is 20.8. The lowest BCUT2D eigenvalue weighted by Crippen LogP contribution is -2.05. The molecule has 0 amide bonds. The number of aryl methyl sites for hydroxylation is 2. The van der Waals surface area contributed by atoms with Crippen LogP contribution in [0.3, 0.4) is 0 Å². The van der Waals surface area contributed by atoms with E-state index in [1.54, 1.807) is 6.20 Å². The molecular weight excluding hydrogens is 262 g/mol. The van der Waals surface area contributed by atoms with Gasteiger partial charge in [0.25, 0.3) is 0 Å². The molecule has 0 spiro atoms. The molecule has 0 aromatic carbocycles. The van der Waals surface area contributed by atoms with Crippen molar-refractivity contribution in [2.45, 2.75) is 20.4 Å². The summed E-state index contributed by atoms with van der Waals surface area (Å²) in [5.41, 5.74) is 2.46. The molecule has 2 heterocycles. The first-order valence-corrected chi connectivity index (χ1v) is 6.63. The lowest BCUT2D eigenvalue weighted by molar-refractivity contribution is 0.0594. The zero-order valence-electron chi connectivity index (χ0n) is 11.1. The number of pyridine rings is 1. The van der Waals surface area contributed by atoms with E-state index in [0.29, 0.717) is 17.4 Å². The third kappa shape index (κ3) is 3.08. The van der Waals surface area contributed by atoms with Crippen molar-refractivity contribution >= 4 is 22.4 Å². The van der Waals surface area contributed by atoms with Gasteiger partial charge in [-0.3, -0.25) is 4.98 Å². The van der Waals surface area contributed by atoms with E-state index in [0.717, 1.165) is 16.1 Å². The van der Waals surface area contributed by atoms with Crippen molar-refractivity contribution in [1.82, 2.24) is 9.97 Å². The number of rotatable bonds is 4. The van der Waals surface area contributed by atoms with Crippen LogP contribution in [-0.2, 0) is 11.3 Å². The molecule has 0 unspecified atom stereocenters. The van der Waals surface area contributed by atoms with Gasteiger partial charge in [0.2, 0.25) is 0 Å². The smallest absolute Gasteiger partial charge is 0.357 e. The summed E-state index contributed by atoms with van der Waals surface area (Å²) in [6.45, 7) is 4.44. The van der Waals surface area contributed by atoms with Crippen molar-refractivity contribution in [2.24, 2.45) is 0 Å². The van der Waals surface area contributed by atoms with Crippen LogP contribution >= 0.6 is 11.3 Å². The summed E-state index contributed by atoms with van der Waals surface area (Å²) in [5, 5.41) is 3.88. The number of ether oxygens (including phenoxy) is 1. The number of nitrogens with zero attached hydrogens (tertiary/aromatic N) is 2. The van der Waals surface area contributed by atoms with E-state index >= 15 is 0 Å². The maximum atomic E-state index is 11.5. The molecule has 0 saturated heterocycles. The van der Waals surface area contributed by atoms with Gasteiger partial charge >= 0.3 is 5.97 Å². The zero-order chi connectivity index (χ0) is 13.8. The number of carbonyl (C=O) groups excluding carboxylic acids is 1. The van der Waals surface area contributed by atoms with E-state index in [1.165, 1.54) is 18.4 Å². The fraction of sp³-hybridized carbons (Fsp3) is 0.308. The third-order valence-corrected chi connectivity index (χ3v) is 3.63. The Bertz CT molecular complexity index is 595. The molecule has 2 aromatic rings. The van der Waals surface area contributed by atoms with Crippen LogP contribution in [0.1, 0.15) is 26.6 Å². The third-order valence-electron chi connectivity index (χ3n) is 2.70. The van der Waals surface area contributed by atoms with Crippen LogP contribution in [-0.4, -0.2) is 23.0 Å². The summed E-state index contributed by atoms with van der Waals surface area (Å²) in [6, 6.07) is 3.92. The number of hydrogen-bond donors (Lipinski definition) is 1. The predicted molar refractivity (Wildman–Crippen MR) is 74.5 cm³/mol. The Morgan fingerprint density at radius 2 is 2.26 bits per heavy atom. The van der Waals surface area contributed by atoms with Gasteiger partial charge in [0.15, 0.2) is 10.8 Å². The fourth-order valence-corrected chi connectivity index (χ4v) is 2.42. The minimum atomic E-state index is -0.407. The van der Waals surface area contributed by atoms with Crippen molar-refractivity contribution in [1.29, 1.82) is 0 Å². The molecule has 0 aliphatic carbocycles. The first-order valence-electron chi connectivity index (χ1n) is 5.82. The average molecular weight is 277 g/mol. The maximum absolute atomic E-state index is 11.5. The molecule has 0 aliphatic rings. The molecule has 0 fully saturated rings. The lowest BCUT2D eigenvalue weighted by Gasteiger charge is -2.04. The molecule has 0 saturated carbocycles. The Morgan fingerprint density at radius 1 is 1.47 bits per heavy atom. The minimum absolute atomic E-state index is 0.368. The highest BCUT2D eigenvalue weighted by atomic mass is 32.1. The second-order valence-corrected chi connectivity index (χ2v) is 5.24. The number of esters is 1. The monoisotopic (exact) mass is 277 g/mol. The summed E-state index contributed by atoms with van der Waals surface area (Å²) in [6.07, 6.45) is 1.76. The van der Waals surface area contributed by atoms with Crippen LogP contribution in [0.5, 0.6) is 0 Å². The number of hydrogen-bond acceptors (Lipinski definition) is 6. The molecule has 0 bridgehead atoms. The van der Waals surface area contributed by atoms with E-state index < -0.39 is 5.97 Å². The molecule has 0 radical (unpaired) electrons. The molecule has 2 aromatic heterocycles. The summed E-state index contributed by atoms with van der Waals surface area (Å²) in [5.74, 6) is -0.407. The molecule has 100 valence electrons. The summed E-state index contributed by atoms with van der Waals surface area (Å²) >= 11 is 1.43. The highest BCUT2D eigenvalue weighted by Gasteiger charge is 2.15. The van der Waals surface area contributed by atoms with Crippen LogP contribution in [0.25, 0.3) is 0 Å². The second-order valence-electron chi connectivity index (χ2n) is 4.04. The van der Waals surface area contributed by atoms with Crippen molar-refractivity contribution in [2.75, 3.05) is 12.4 Å². The normalized spacial score (nSPS) is 10.3. The van der Waals surface area contributed by atoms with Gasteiger partial charge in [-0.05, 0) is 25.5 Å². The molecular formula is C13H15N3O2S. The van der Waals surface area contributed by atoms with Gasteiger partial charge in [-0.15, -0.1) is 11.3 Å².